The normalized spacial score (nSPS) is 18.0. The van der Waals surface area contributed by atoms with E-state index in [1.54, 1.807) is 0 Å². The summed E-state index contributed by atoms with van der Waals surface area (Å²) in [4.78, 5) is 6.67. The molecular formula is C58H55BN2S. The van der Waals surface area contributed by atoms with E-state index in [0.29, 0.717) is 0 Å². The largest absolute Gasteiger partial charge is 0.354 e. The van der Waals surface area contributed by atoms with Gasteiger partial charge in [-0.1, -0.05) is 140 Å². The SMILES string of the molecule is CC1(C)CCC(C)(C)c2cc(N3c4cc(-c5ccccc5)cc(-c5cccc6c5[nH]c5ccc7ccccc7c56)c4Bc4sc5cc6c(cc5c43)C(C)(C)CCC6(C)C)ccc21. The molecule has 12 rings (SSSR count). The molecule has 306 valence electrons. The summed E-state index contributed by atoms with van der Waals surface area (Å²) < 4.78 is 2.86. The van der Waals surface area contributed by atoms with Gasteiger partial charge in [-0.2, -0.15) is 0 Å². The third-order valence-electron chi connectivity index (χ3n) is 15.7. The summed E-state index contributed by atoms with van der Waals surface area (Å²) in [5, 5.41) is 6.54. The van der Waals surface area contributed by atoms with Crippen LogP contribution in [0.5, 0.6) is 0 Å². The van der Waals surface area contributed by atoms with Crippen molar-refractivity contribution in [2.75, 3.05) is 4.90 Å². The maximum Gasteiger partial charge on any atom is 0.211 e. The molecule has 2 aliphatic carbocycles. The monoisotopic (exact) mass is 822 g/mol. The Bertz CT molecular complexity index is 3340. The Morgan fingerprint density at radius 3 is 1.95 bits per heavy atom. The molecule has 3 heterocycles. The maximum absolute atomic E-state index is 3.97. The molecular weight excluding hydrogens is 768 g/mol. The summed E-state index contributed by atoms with van der Waals surface area (Å²) in [5.74, 6) is 0. The van der Waals surface area contributed by atoms with Crippen molar-refractivity contribution in [1.82, 2.24) is 4.98 Å². The molecule has 7 aromatic carbocycles. The van der Waals surface area contributed by atoms with E-state index < -0.39 is 0 Å². The van der Waals surface area contributed by atoms with E-state index in [2.05, 4.69) is 193 Å². The van der Waals surface area contributed by atoms with Crippen LogP contribution in [0.1, 0.15) is 103 Å². The molecule has 0 atom stereocenters. The first-order chi connectivity index (χ1) is 29.7. The number of nitrogens with zero attached hydrogens (tertiary/aromatic N) is 1. The first-order valence-corrected chi connectivity index (χ1v) is 23.7. The zero-order valence-electron chi connectivity index (χ0n) is 37.5. The van der Waals surface area contributed by atoms with Crippen molar-refractivity contribution in [2.24, 2.45) is 0 Å². The van der Waals surface area contributed by atoms with Crippen molar-refractivity contribution in [1.29, 1.82) is 0 Å². The molecule has 0 saturated heterocycles. The number of hydrogen-bond acceptors (Lipinski definition) is 2. The summed E-state index contributed by atoms with van der Waals surface area (Å²) >= 11 is 2.03. The van der Waals surface area contributed by atoms with Crippen molar-refractivity contribution < 1.29 is 0 Å². The van der Waals surface area contributed by atoms with Crippen molar-refractivity contribution in [3.63, 3.8) is 0 Å². The van der Waals surface area contributed by atoms with Gasteiger partial charge in [0.25, 0.3) is 0 Å². The Hall–Kier alpha value is -5.58. The molecule has 0 bridgehead atoms. The van der Waals surface area contributed by atoms with Crippen molar-refractivity contribution in [3.05, 3.63) is 150 Å². The van der Waals surface area contributed by atoms with Crippen molar-refractivity contribution in [2.45, 2.75) is 103 Å². The van der Waals surface area contributed by atoms with Crippen LogP contribution in [0.2, 0.25) is 0 Å². The van der Waals surface area contributed by atoms with Crippen LogP contribution < -0.4 is 15.1 Å². The van der Waals surface area contributed by atoms with Gasteiger partial charge in [0, 0.05) is 43.3 Å². The lowest BCUT2D eigenvalue weighted by Gasteiger charge is -2.43. The average molecular weight is 823 g/mol. The van der Waals surface area contributed by atoms with Gasteiger partial charge in [-0.3, -0.25) is 0 Å². The number of para-hydroxylation sites is 1. The van der Waals surface area contributed by atoms with Crippen LogP contribution in [-0.4, -0.2) is 12.3 Å². The number of H-pyrrole nitrogens is 1. The molecule has 3 aliphatic rings. The minimum Gasteiger partial charge on any atom is -0.354 e. The molecule has 9 aromatic rings. The predicted octanol–water partition coefficient (Wildman–Crippen LogP) is 14.9. The summed E-state index contributed by atoms with van der Waals surface area (Å²) in [5.41, 5.74) is 19.3. The quantitative estimate of drug-likeness (QED) is 0.176. The van der Waals surface area contributed by atoms with E-state index in [-0.39, 0.29) is 21.7 Å². The molecule has 2 aromatic heterocycles. The molecule has 0 spiro atoms. The average Bonchev–Trinajstić information content (AvgIpc) is 3.84. The molecule has 4 heteroatoms. The topological polar surface area (TPSA) is 19.0 Å². The molecule has 1 N–H and O–H groups in total. The summed E-state index contributed by atoms with van der Waals surface area (Å²) in [6.07, 6.45) is 4.80. The number of rotatable bonds is 3. The highest BCUT2D eigenvalue weighted by atomic mass is 32.1. The van der Waals surface area contributed by atoms with Gasteiger partial charge in [-0.15, -0.1) is 11.3 Å². The fraction of sp³-hybridized carbons (Fsp3) is 0.276. The second-order valence-corrected chi connectivity index (χ2v) is 22.6. The Morgan fingerprint density at radius 1 is 0.532 bits per heavy atom. The van der Waals surface area contributed by atoms with Gasteiger partial charge in [-0.05, 0) is 150 Å². The van der Waals surface area contributed by atoms with Gasteiger partial charge >= 0.3 is 0 Å². The first-order valence-electron chi connectivity index (χ1n) is 22.9. The second kappa shape index (κ2) is 13.0. The molecule has 0 fully saturated rings. The molecule has 62 heavy (non-hydrogen) atoms. The van der Waals surface area contributed by atoms with Crippen LogP contribution in [0.15, 0.2) is 127 Å². The van der Waals surface area contributed by atoms with Gasteiger partial charge in [0.2, 0.25) is 7.28 Å². The van der Waals surface area contributed by atoms with Gasteiger partial charge in [0.1, 0.15) is 0 Å². The third-order valence-corrected chi connectivity index (χ3v) is 16.9. The first kappa shape index (κ1) is 38.1. The highest BCUT2D eigenvalue weighted by molar-refractivity contribution is 7.29. The summed E-state index contributed by atoms with van der Waals surface area (Å²) in [6, 6.07) is 49.1. The number of thiophene rings is 1. The van der Waals surface area contributed by atoms with E-state index in [4.69, 9.17) is 0 Å². The zero-order chi connectivity index (χ0) is 42.5. The van der Waals surface area contributed by atoms with Crippen LogP contribution in [0.3, 0.4) is 0 Å². The maximum atomic E-state index is 3.97. The number of nitrogens with one attached hydrogen (secondary N) is 1. The standard InChI is InChI=1S/C58H55BN2S/c1-55(2)25-26-56(3,4)44-31-37(22-23-43(44)55)61-48-30-36(34-15-10-9-11-16-34)29-41(39-19-14-20-40-50-38-18-13-12-17-35(38)21-24-47(50)60-52(39)40)51(48)59-54-53(61)42-32-45-46(33-49(42)62-54)58(7,8)28-27-57(45,5)6/h9-24,29-33,59-60H,25-28H2,1-8H3. The van der Waals surface area contributed by atoms with E-state index >= 15 is 0 Å². The zero-order valence-corrected chi connectivity index (χ0v) is 38.3. The van der Waals surface area contributed by atoms with Crippen LogP contribution >= 0.6 is 11.3 Å². The highest BCUT2D eigenvalue weighted by Crippen LogP contribution is 2.53. The Balaban J connectivity index is 1.18. The summed E-state index contributed by atoms with van der Waals surface area (Å²) in [7, 11) is 0.880. The van der Waals surface area contributed by atoms with Crippen LogP contribution in [0.25, 0.3) is 64.9 Å². The van der Waals surface area contributed by atoms with E-state index in [0.717, 1.165) is 7.28 Å². The smallest absolute Gasteiger partial charge is 0.211 e. The second-order valence-electron chi connectivity index (χ2n) is 21.5. The van der Waals surface area contributed by atoms with Gasteiger partial charge in [-0.25, -0.2) is 0 Å². The number of anilines is 3. The lowest BCUT2D eigenvalue weighted by molar-refractivity contribution is 0.332. The number of fused-ring (bicyclic) bond motifs is 11. The Labute approximate surface area is 371 Å². The highest BCUT2D eigenvalue weighted by Gasteiger charge is 2.41. The van der Waals surface area contributed by atoms with Crippen molar-refractivity contribution >= 4 is 88.6 Å². The number of benzene rings is 7. The lowest BCUT2D eigenvalue weighted by atomic mass is 9.61. The lowest BCUT2D eigenvalue weighted by Crippen LogP contribution is -2.40. The molecule has 0 radical (unpaired) electrons. The van der Waals surface area contributed by atoms with E-state index in [9.17, 15) is 0 Å². The fourth-order valence-electron chi connectivity index (χ4n) is 11.8. The number of aromatic amines is 1. The molecule has 0 amide bonds. The molecule has 2 nitrogen and oxygen atoms in total. The number of aromatic nitrogens is 1. The van der Waals surface area contributed by atoms with E-state index in [1.165, 1.54) is 140 Å². The van der Waals surface area contributed by atoms with Crippen LogP contribution in [-0.2, 0) is 21.7 Å². The Morgan fingerprint density at radius 2 is 1.19 bits per heavy atom. The minimum atomic E-state index is 0.0835. The van der Waals surface area contributed by atoms with E-state index in [1.807, 2.05) is 11.3 Å². The van der Waals surface area contributed by atoms with Crippen molar-refractivity contribution in [3.8, 4) is 22.3 Å². The molecule has 1 aliphatic heterocycles. The minimum absolute atomic E-state index is 0.0835. The van der Waals surface area contributed by atoms with Crippen LogP contribution in [0.4, 0.5) is 17.1 Å². The molecule has 0 unspecified atom stereocenters. The number of hydrogen-bond donors (Lipinski definition) is 1. The predicted molar refractivity (Wildman–Crippen MR) is 271 cm³/mol. The molecule has 0 saturated carbocycles. The third kappa shape index (κ3) is 5.54. The van der Waals surface area contributed by atoms with Gasteiger partial charge in [0.05, 0.1) is 11.2 Å². The Kier molecular flexibility index (Phi) is 7.99. The van der Waals surface area contributed by atoms with Gasteiger partial charge in [0.15, 0.2) is 0 Å². The van der Waals surface area contributed by atoms with Gasteiger partial charge < -0.3 is 9.88 Å². The van der Waals surface area contributed by atoms with Crippen LogP contribution in [0, 0.1) is 0 Å². The fourth-order valence-corrected chi connectivity index (χ4v) is 13.0. The summed E-state index contributed by atoms with van der Waals surface area (Å²) in [6.45, 7) is 19.7.